The molecule has 176 valence electrons. The highest BCUT2D eigenvalue weighted by Crippen LogP contribution is 2.23. The van der Waals surface area contributed by atoms with Crippen LogP contribution in [0.4, 0.5) is 11.4 Å². The third kappa shape index (κ3) is 6.75. The van der Waals surface area contributed by atoms with Crippen LogP contribution >= 0.6 is 11.8 Å². The molecule has 0 saturated heterocycles. The van der Waals surface area contributed by atoms with E-state index in [2.05, 4.69) is 32.6 Å². The fourth-order valence-corrected chi connectivity index (χ4v) is 3.76. The number of hydrazone groups is 1. The van der Waals surface area contributed by atoms with Gasteiger partial charge in [0, 0.05) is 29.9 Å². The lowest BCUT2D eigenvalue weighted by Crippen LogP contribution is -2.27. The van der Waals surface area contributed by atoms with Gasteiger partial charge in [-0.3, -0.25) is 14.9 Å². The minimum atomic E-state index is -0.507. The first-order valence-corrected chi connectivity index (χ1v) is 11.3. The normalized spacial score (nSPS) is 11.8. The van der Waals surface area contributed by atoms with Gasteiger partial charge in [0.1, 0.15) is 0 Å². The van der Waals surface area contributed by atoms with Crippen molar-refractivity contribution in [3.05, 3.63) is 88.3 Å². The van der Waals surface area contributed by atoms with Crippen LogP contribution in [0.25, 0.3) is 0 Å². The van der Waals surface area contributed by atoms with Crippen LogP contribution in [0.2, 0.25) is 0 Å². The zero-order valence-corrected chi connectivity index (χ0v) is 19.7. The summed E-state index contributed by atoms with van der Waals surface area (Å²) >= 11 is 1.25. The van der Waals surface area contributed by atoms with E-state index in [9.17, 15) is 14.9 Å². The smallest absolute Gasteiger partial charge is 0.270 e. The summed E-state index contributed by atoms with van der Waals surface area (Å²) in [5, 5.41) is 26.7. The maximum atomic E-state index is 12.5. The second-order valence-corrected chi connectivity index (χ2v) is 8.67. The third-order valence-corrected chi connectivity index (χ3v) is 5.81. The number of thioether (sulfide) groups is 1. The number of nitro groups is 1. The molecule has 11 heteroatoms. The lowest BCUT2D eigenvalue weighted by molar-refractivity contribution is -0.384. The number of aryl methyl sites for hydroxylation is 1. The van der Waals surface area contributed by atoms with Gasteiger partial charge in [0.15, 0.2) is 11.0 Å². The summed E-state index contributed by atoms with van der Waals surface area (Å²) in [6, 6.07) is 14.0. The maximum Gasteiger partial charge on any atom is 0.270 e. The lowest BCUT2D eigenvalue weighted by atomic mass is 10.2. The number of aromatic nitrogens is 3. The predicted molar refractivity (Wildman–Crippen MR) is 133 cm³/mol. The van der Waals surface area contributed by atoms with E-state index < -0.39 is 10.2 Å². The number of nitro benzene ring substituents is 1. The Morgan fingerprint density at radius 3 is 2.76 bits per heavy atom. The standard InChI is InChI=1S/C23H25N7O3S/c1-4-12-29-21(15-24-19-10-8-16(2)9-11-19)26-28-23(29)34-17(3)22(31)27-25-14-18-6-5-7-20(13-18)30(32)33/h4-11,13-14,17,24H,1,12,15H2,2-3H3,(H,27,31). The van der Waals surface area contributed by atoms with Crippen molar-refractivity contribution in [2.24, 2.45) is 5.10 Å². The number of nitrogens with zero attached hydrogens (tertiary/aromatic N) is 5. The van der Waals surface area contributed by atoms with Crippen molar-refractivity contribution in [2.45, 2.75) is 37.3 Å². The van der Waals surface area contributed by atoms with Gasteiger partial charge in [-0.05, 0) is 26.0 Å². The van der Waals surface area contributed by atoms with Crippen molar-refractivity contribution in [2.75, 3.05) is 5.32 Å². The molecule has 0 fully saturated rings. The molecule has 0 bridgehead atoms. The summed E-state index contributed by atoms with van der Waals surface area (Å²) in [7, 11) is 0. The van der Waals surface area contributed by atoms with Gasteiger partial charge in [0.2, 0.25) is 0 Å². The van der Waals surface area contributed by atoms with Gasteiger partial charge in [0.25, 0.3) is 11.6 Å². The van der Waals surface area contributed by atoms with Crippen LogP contribution in [-0.2, 0) is 17.9 Å². The van der Waals surface area contributed by atoms with Crippen LogP contribution in [0.3, 0.4) is 0 Å². The Kier molecular flexibility index (Phi) is 8.52. The molecule has 1 atom stereocenters. The minimum absolute atomic E-state index is 0.0478. The van der Waals surface area contributed by atoms with Crippen LogP contribution in [0.1, 0.15) is 23.9 Å². The van der Waals surface area contributed by atoms with Crippen LogP contribution < -0.4 is 10.7 Å². The van der Waals surface area contributed by atoms with Crippen molar-refractivity contribution in [1.29, 1.82) is 0 Å². The number of benzene rings is 2. The fourth-order valence-electron chi connectivity index (χ4n) is 2.89. The predicted octanol–water partition coefficient (Wildman–Crippen LogP) is 3.92. The SMILES string of the molecule is C=CCn1c(CNc2ccc(C)cc2)nnc1SC(C)C(=O)NN=Cc1cccc([N+](=O)[O-])c1. The number of carbonyl (C=O) groups is 1. The Hall–Kier alpha value is -3.99. The largest absolute Gasteiger partial charge is 0.378 e. The molecule has 2 N–H and O–H groups in total. The van der Waals surface area contributed by atoms with Crippen molar-refractivity contribution in [3.63, 3.8) is 0 Å². The number of anilines is 1. The van der Waals surface area contributed by atoms with E-state index in [4.69, 9.17) is 0 Å². The zero-order valence-electron chi connectivity index (χ0n) is 18.8. The molecular formula is C23H25N7O3S. The average molecular weight is 480 g/mol. The van der Waals surface area contributed by atoms with Gasteiger partial charge >= 0.3 is 0 Å². The molecule has 3 aromatic rings. The Labute approximate surface area is 201 Å². The van der Waals surface area contributed by atoms with Crippen molar-refractivity contribution < 1.29 is 9.72 Å². The molecule has 1 unspecified atom stereocenters. The summed E-state index contributed by atoms with van der Waals surface area (Å²) in [6.07, 6.45) is 3.11. The molecule has 3 rings (SSSR count). The van der Waals surface area contributed by atoms with Crippen molar-refractivity contribution in [1.82, 2.24) is 20.2 Å². The first-order valence-electron chi connectivity index (χ1n) is 10.4. The molecule has 0 aliphatic carbocycles. The van der Waals surface area contributed by atoms with Gasteiger partial charge in [-0.15, -0.1) is 16.8 Å². The van der Waals surface area contributed by atoms with E-state index in [0.29, 0.717) is 23.8 Å². The highest BCUT2D eigenvalue weighted by atomic mass is 32.2. The molecule has 1 heterocycles. The van der Waals surface area contributed by atoms with E-state index in [-0.39, 0.29) is 11.6 Å². The third-order valence-electron chi connectivity index (χ3n) is 4.73. The number of nitrogens with one attached hydrogen (secondary N) is 2. The van der Waals surface area contributed by atoms with E-state index in [1.54, 1.807) is 25.1 Å². The number of rotatable bonds is 11. The topological polar surface area (TPSA) is 127 Å². The summed E-state index contributed by atoms with van der Waals surface area (Å²) in [4.78, 5) is 22.9. The fraction of sp³-hybridized carbons (Fsp3) is 0.217. The first kappa shape index (κ1) is 24.6. The number of hydrogen-bond acceptors (Lipinski definition) is 8. The average Bonchev–Trinajstić information content (AvgIpc) is 3.20. The van der Waals surface area contributed by atoms with Crippen molar-refractivity contribution in [3.8, 4) is 0 Å². The number of allylic oxidation sites excluding steroid dienone is 1. The summed E-state index contributed by atoms with van der Waals surface area (Å²) in [5.74, 6) is 0.387. The number of amides is 1. The summed E-state index contributed by atoms with van der Waals surface area (Å²) in [6.45, 7) is 8.54. The number of non-ortho nitro benzene ring substituents is 1. The van der Waals surface area contributed by atoms with Gasteiger partial charge in [-0.1, -0.05) is 47.7 Å². The minimum Gasteiger partial charge on any atom is -0.378 e. The molecule has 0 radical (unpaired) electrons. The Morgan fingerprint density at radius 1 is 1.29 bits per heavy atom. The Bertz CT molecular complexity index is 1190. The summed E-state index contributed by atoms with van der Waals surface area (Å²) in [5.41, 5.74) is 5.07. The first-order chi connectivity index (χ1) is 16.4. The Balaban J connectivity index is 1.60. The lowest BCUT2D eigenvalue weighted by Gasteiger charge is -2.12. The van der Waals surface area contributed by atoms with Gasteiger partial charge in [-0.2, -0.15) is 5.10 Å². The second kappa shape index (κ2) is 11.8. The molecule has 2 aromatic carbocycles. The molecule has 0 spiro atoms. The molecule has 34 heavy (non-hydrogen) atoms. The van der Waals surface area contributed by atoms with E-state index >= 15 is 0 Å². The number of hydrogen-bond donors (Lipinski definition) is 2. The second-order valence-electron chi connectivity index (χ2n) is 7.36. The van der Waals surface area contributed by atoms with Gasteiger partial charge < -0.3 is 9.88 Å². The van der Waals surface area contributed by atoms with Crippen molar-refractivity contribution >= 4 is 35.3 Å². The zero-order chi connectivity index (χ0) is 24.5. The molecule has 0 saturated carbocycles. The monoisotopic (exact) mass is 479 g/mol. The van der Waals surface area contributed by atoms with Crippen LogP contribution in [0.5, 0.6) is 0 Å². The molecule has 1 amide bonds. The summed E-state index contributed by atoms with van der Waals surface area (Å²) < 4.78 is 1.90. The Morgan fingerprint density at radius 2 is 2.06 bits per heavy atom. The van der Waals surface area contributed by atoms with Crippen LogP contribution in [0.15, 0.2) is 71.4 Å². The van der Waals surface area contributed by atoms with Gasteiger partial charge in [-0.25, -0.2) is 5.43 Å². The molecular weight excluding hydrogens is 454 g/mol. The quantitative estimate of drug-likeness (QED) is 0.140. The highest BCUT2D eigenvalue weighted by molar-refractivity contribution is 8.00. The highest BCUT2D eigenvalue weighted by Gasteiger charge is 2.19. The van der Waals surface area contributed by atoms with E-state index in [1.165, 1.54) is 35.7 Å². The van der Waals surface area contributed by atoms with E-state index in [1.807, 2.05) is 35.8 Å². The van der Waals surface area contributed by atoms with Gasteiger partial charge in [0.05, 0.1) is 22.9 Å². The molecule has 0 aliphatic heterocycles. The van der Waals surface area contributed by atoms with Crippen LogP contribution in [0, 0.1) is 17.0 Å². The molecule has 0 aliphatic rings. The molecule has 1 aromatic heterocycles. The molecule has 10 nitrogen and oxygen atoms in total. The number of carbonyl (C=O) groups excluding carboxylic acids is 1. The van der Waals surface area contributed by atoms with E-state index in [0.717, 1.165) is 11.5 Å². The van der Waals surface area contributed by atoms with Crippen LogP contribution in [-0.4, -0.2) is 37.1 Å². The maximum absolute atomic E-state index is 12.5.